The van der Waals surface area contributed by atoms with Crippen LogP contribution >= 0.6 is 22.6 Å². The molecule has 0 saturated heterocycles. The van der Waals surface area contributed by atoms with Crippen LogP contribution in [0.1, 0.15) is 0 Å². The molecule has 0 aliphatic rings. The van der Waals surface area contributed by atoms with E-state index in [1.54, 1.807) is 12.1 Å². The number of hydrogen-bond acceptors (Lipinski definition) is 2. The van der Waals surface area contributed by atoms with Crippen LogP contribution in [0, 0.1) is 15.2 Å². The van der Waals surface area contributed by atoms with Gasteiger partial charge in [0.05, 0.1) is 0 Å². The minimum Gasteiger partial charge on any atom is -0.484 e. The van der Waals surface area contributed by atoms with Crippen molar-refractivity contribution in [2.45, 2.75) is 0 Å². The molecule has 0 atom stereocenters. The summed E-state index contributed by atoms with van der Waals surface area (Å²) in [6.45, 7) is -0.281. The molecule has 1 N–H and O–H groups in total. The summed E-state index contributed by atoms with van der Waals surface area (Å²) >= 11 is 2.16. The van der Waals surface area contributed by atoms with Crippen molar-refractivity contribution in [3.63, 3.8) is 0 Å². The van der Waals surface area contributed by atoms with Gasteiger partial charge < -0.3 is 10.1 Å². The molecule has 3 nitrogen and oxygen atoms in total. The minimum atomic E-state index is -1.01. The molecule has 0 aliphatic carbocycles. The van der Waals surface area contributed by atoms with Crippen LogP contribution in [0.2, 0.25) is 0 Å². The molecule has 0 spiro atoms. The Kier molecular flexibility index (Phi) is 4.89. The number of anilines is 1. The van der Waals surface area contributed by atoms with Gasteiger partial charge in [-0.05, 0) is 59.0 Å². The lowest BCUT2D eigenvalue weighted by Gasteiger charge is -2.07. The maximum Gasteiger partial charge on any atom is 0.262 e. The highest BCUT2D eigenvalue weighted by molar-refractivity contribution is 14.1. The van der Waals surface area contributed by atoms with Crippen molar-refractivity contribution in [3.05, 3.63) is 57.7 Å². The predicted octanol–water partition coefficient (Wildman–Crippen LogP) is 3.59. The first kappa shape index (κ1) is 14.7. The third kappa shape index (κ3) is 4.16. The van der Waals surface area contributed by atoms with Gasteiger partial charge in [0.25, 0.3) is 5.91 Å². The molecular formula is C14H10F2INO2. The molecule has 0 saturated carbocycles. The number of carbonyl (C=O) groups excluding carboxylic acids is 1. The van der Waals surface area contributed by atoms with Crippen molar-refractivity contribution in [1.29, 1.82) is 0 Å². The van der Waals surface area contributed by atoms with Gasteiger partial charge in [-0.15, -0.1) is 0 Å². The average Bonchev–Trinajstić information content (AvgIpc) is 2.43. The Morgan fingerprint density at radius 1 is 1.10 bits per heavy atom. The summed E-state index contributed by atoms with van der Waals surface area (Å²) in [5, 5.41) is 2.63. The van der Waals surface area contributed by atoms with E-state index >= 15 is 0 Å². The molecule has 0 fully saturated rings. The van der Waals surface area contributed by atoms with Crippen LogP contribution in [0.4, 0.5) is 14.5 Å². The van der Waals surface area contributed by atoms with Gasteiger partial charge >= 0.3 is 0 Å². The van der Waals surface area contributed by atoms with Crippen LogP contribution in [-0.4, -0.2) is 12.5 Å². The number of carbonyl (C=O) groups is 1. The van der Waals surface area contributed by atoms with Crippen molar-refractivity contribution in [1.82, 2.24) is 0 Å². The van der Waals surface area contributed by atoms with Crippen LogP contribution in [0.25, 0.3) is 0 Å². The third-order valence-corrected chi connectivity index (χ3v) is 3.11. The summed E-state index contributed by atoms with van der Waals surface area (Å²) in [6.07, 6.45) is 0. The lowest BCUT2D eigenvalue weighted by Crippen LogP contribution is -2.20. The summed E-state index contributed by atoms with van der Waals surface area (Å²) in [4.78, 5) is 11.6. The normalized spacial score (nSPS) is 10.2. The van der Waals surface area contributed by atoms with Crippen molar-refractivity contribution in [3.8, 4) is 5.75 Å². The largest absolute Gasteiger partial charge is 0.484 e. The van der Waals surface area contributed by atoms with Crippen molar-refractivity contribution in [2.24, 2.45) is 0 Å². The van der Waals surface area contributed by atoms with E-state index in [-0.39, 0.29) is 18.3 Å². The first-order valence-corrected chi connectivity index (χ1v) is 6.76. The zero-order chi connectivity index (χ0) is 14.5. The number of ether oxygens (including phenoxy) is 1. The molecule has 2 rings (SSSR count). The molecular weight excluding hydrogens is 379 g/mol. The Hall–Kier alpha value is -1.70. The number of nitrogens with one attached hydrogen (secondary N) is 1. The topological polar surface area (TPSA) is 38.3 Å². The van der Waals surface area contributed by atoms with Crippen molar-refractivity contribution >= 4 is 34.2 Å². The Bertz CT molecular complexity index is 617. The number of benzene rings is 2. The second kappa shape index (κ2) is 6.65. The van der Waals surface area contributed by atoms with Gasteiger partial charge in [0.2, 0.25) is 0 Å². The van der Waals surface area contributed by atoms with Gasteiger partial charge in [-0.25, -0.2) is 8.78 Å². The summed E-state index contributed by atoms with van der Waals surface area (Å²) in [7, 11) is 0. The zero-order valence-corrected chi connectivity index (χ0v) is 12.4. The Morgan fingerprint density at radius 2 is 1.80 bits per heavy atom. The number of halogens is 3. The highest BCUT2D eigenvalue weighted by atomic mass is 127. The van der Waals surface area contributed by atoms with E-state index < -0.39 is 11.6 Å². The van der Waals surface area contributed by atoms with E-state index in [1.165, 1.54) is 6.07 Å². The van der Waals surface area contributed by atoms with Crippen LogP contribution in [0.15, 0.2) is 42.5 Å². The predicted molar refractivity (Wildman–Crippen MR) is 79.6 cm³/mol. The molecule has 104 valence electrons. The number of rotatable bonds is 4. The monoisotopic (exact) mass is 389 g/mol. The Labute approximate surface area is 128 Å². The second-order valence-electron chi connectivity index (χ2n) is 3.92. The zero-order valence-electron chi connectivity index (χ0n) is 10.2. The fraction of sp³-hybridized carbons (Fsp3) is 0.0714. The molecule has 2 aromatic carbocycles. The Balaban J connectivity index is 1.88. The first-order chi connectivity index (χ1) is 9.54. The van der Waals surface area contributed by atoms with Crippen LogP contribution in [-0.2, 0) is 4.79 Å². The number of hydrogen-bond donors (Lipinski definition) is 1. The smallest absolute Gasteiger partial charge is 0.262 e. The standard InChI is InChI=1S/C14H10F2INO2/c15-12-6-5-11(7-13(12)16)20-8-14(19)18-10-3-1-9(17)2-4-10/h1-7H,8H2,(H,18,19). The van der Waals surface area contributed by atoms with Gasteiger partial charge in [0.1, 0.15) is 5.75 Å². The van der Waals surface area contributed by atoms with E-state index in [1.807, 2.05) is 12.1 Å². The van der Waals surface area contributed by atoms with Crippen LogP contribution in [0.5, 0.6) is 5.75 Å². The fourth-order valence-corrected chi connectivity index (χ4v) is 1.81. The average molecular weight is 389 g/mol. The second-order valence-corrected chi connectivity index (χ2v) is 5.17. The summed E-state index contributed by atoms with van der Waals surface area (Å²) < 4.78 is 31.8. The maximum atomic E-state index is 12.9. The molecule has 0 radical (unpaired) electrons. The molecule has 2 aromatic rings. The number of amides is 1. The van der Waals surface area contributed by atoms with Gasteiger partial charge in [-0.1, -0.05) is 0 Å². The van der Waals surface area contributed by atoms with E-state index in [0.717, 1.165) is 15.7 Å². The van der Waals surface area contributed by atoms with Gasteiger partial charge in [-0.2, -0.15) is 0 Å². The van der Waals surface area contributed by atoms with E-state index in [2.05, 4.69) is 27.9 Å². The lowest BCUT2D eigenvalue weighted by atomic mass is 10.3. The molecule has 0 unspecified atom stereocenters. The summed E-state index contributed by atoms with van der Waals surface area (Å²) in [5.74, 6) is -2.25. The van der Waals surface area contributed by atoms with Crippen LogP contribution < -0.4 is 10.1 Å². The van der Waals surface area contributed by atoms with E-state index in [4.69, 9.17) is 4.74 Å². The molecule has 0 bridgehead atoms. The molecule has 20 heavy (non-hydrogen) atoms. The molecule has 0 heterocycles. The summed E-state index contributed by atoms with van der Waals surface area (Å²) in [6, 6.07) is 10.3. The molecule has 0 aromatic heterocycles. The summed E-state index contributed by atoms with van der Waals surface area (Å²) in [5.41, 5.74) is 0.643. The van der Waals surface area contributed by atoms with Crippen molar-refractivity contribution < 1.29 is 18.3 Å². The fourth-order valence-electron chi connectivity index (χ4n) is 1.45. The van der Waals surface area contributed by atoms with E-state index in [9.17, 15) is 13.6 Å². The third-order valence-electron chi connectivity index (χ3n) is 2.39. The lowest BCUT2D eigenvalue weighted by molar-refractivity contribution is -0.118. The first-order valence-electron chi connectivity index (χ1n) is 5.68. The van der Waals surface area contributed by atoms with Gasteiger partial charge in [-0.3, -0.25) is 4.79 Å². The van der Waals surface area contributed by atoms with Gasteiger partial charge in [0, 0.05) is 15.3 Å². The van der Waals surface area contributed by atoms with Gasteiger partial charge in [0.15, 0.2) is 18.2 Å². The van der Waals surface area contributed by atoms with Crippen LogP contribution in [0.3, 0.4) is 0 Å². The minimum absolute atomic E-state index is 0.0988. The highest BCUT2D eigenvalue weighted by Gasteiger charge is 2.06. The highest BCUT2D eigenvalue weighted by Crippen LogP contribution is 2.15. The molecule has 0 aliphatic heterocycles. The maximum absolute atomic E-state index is 12.9. The quantitative estimate of drug-likeness (QED) is 0.812. The van der Waals surface area contributed by atoms with E-state index in [0.29, 0.717) is 5.69 Å². The Morgan fingerprint density at radius 3 is 2.45 bits per heavy atom. The SMILES string of the molecule is O=C(COc1ccc(F)c(F)c1)Nc1ccc(I)cc1. The molecule has 6 heteroatoms. The van der Waals surface area contributed by atoms with Crippen molar-refractivity contribution in [2.75, 3.05) is 11.9 Å². The molecule has 1 amide bonds.